The molecule has 0 unspecified atom stereocenters. The van der Waals surface area contributed by atoms with Gasteiger partial charge in [0, 0.05) is 25.2 Å². The lowest BCUT2D eigenvalue weighted by Crippen LogP contribution is -2.47. The number of benzene rings is 1. The van der Waals surface area contributed by atoms with Crippen molar-refractivity contribution in [3.05, 3.63) is 33.9 Å². The molecule has 6 nitrogen and oxygen atoms in total. The number of aliphatic hydroxyl groups is 1. The predicted molar refractivity (Wildman–Crippen MR) is 79.9 cm³/mol. The van der Waals surface area contributed by atoms with Gasteiger partial charge >= 0.3 is 0 Å². The summed E-state index contributed by atoms with van der Waals surface area (Å²) in [5.41, 5.74) is 1.07. The van der Waals surface area contributed by atoms with Crippen LogP contribution in [0.4, 0.5) is 11.4 Å². The summed E-state index contributed by atoms with van der Waals surface area (Å²) in [6.45, 7) is 4.57. The molecule has 0 heterocycles. The van der Waals surface area contributed by atoms with E-state index < -0.39 is 4.92 Å². The molecule has 0 aromatic heterocycles. The fourth-order valence-electron chi connectivity index (χ4n) is 2.12. The maximum absolute atomic E-state index is 11.0. The maximum Gasteiger partial charge on any atom is 0.292 e. The Hall–Kier alpha value is -1.66. The second-order valence-electron chi connectivity index (χ2n) is 4.86. The van der Waals surface area contributed by atoms with Crippen LogP contribution in [0.1, 0.15) is 32.3 Å². The zero-order valence-corrected chi connectivity index (χ0v) is 12.3. The van der Waals surface area contributed by atoms with Crippen molar-refractivity contribution >= 4 is 11.4 Å². The lowest BCUT2D eigenvalue weighted by atomic mass is 9.93. The molecule has 1 aromatic carbocycles. The molecule has 0 radical (unpaired) electrons. The minimum atomic E-state index is -0.395. The highest BCUT2D eigenvalue weighted by molar-refractivity contribution is 5.62. The highest BCUT2D eigenvalue weighted by atomic mass is 16.6. The standard InChI is InChI=1S/C14H23N3O3/c1-4-14(5-2,10-18)16-9-11-6-7-12(15-3)13(8-11)17(19)20/h6-8,15-16,18H,4-5,9-10H2,1-3H3. The molecule has 0 aliphatic heterocycles. The molecule has 0 saturated carbocycles. The van der Waals surface area contributed by atoms with Crippen molar-refractivity contribution in [3.63, 3.8) is 0 Å². The van der Waals surface area contributed by atoms with E-state index in [0.29, 0.717) is 12.2 Å². The number of hydrogen-bond donors (Lipinski definition) is 3. The normalized spacial score (nSPS) is 11.4. The Bertz CT molecular complexity index is 451. The summed E-state index contributed by atoms with van der Waals surface area (Å²) in [4.78, 5) is 10.6. The Labute approximate surface area is 119 Å². The van der Waals surface area contributed by atoms with E-state index in [1.165, 1.54) is 0 Å². The van der Waals surface area contributed by atoms with E-state index in [4.69, 9.17) is 0 Å². The minimum Gasteiger partial charge on any atom is -0.394 e. The summed E-state index contributed by atoms with van der Waals surface area (Å²) in [6, 6.07) is 5.11. The fourth-order valence-corrected chi connectivity index (χ4v) is 2.12. The summed E-state index contributed by atoms with van der Waals surface area (Å²) in [7, 11) is 1.66. The van der Waals surface area contributed by atoms with Crippen LogP contribution in [0.15, 0.2) is 18.2 Å². The monoisotopic (exact) mass is 281 g/mol. The van der Waals surface area contributed by atoms with Crippen molar-refractivity contribution in [2.24, 2.45) is 0 Å². The number of rotatable bonds is 8. The van der Waals surface area contributed by atoms with Gasteiger partial charge in [0.1, 0.15) is 5.69 Å². The zero-order chi connectivity index (χ0) is 15.2. The molecular formula is C14H23N3O3. The number of aliphatic hydroxyl groups excluding tert-OH is 1. The molecule has 112 valence electrons. The molecule has 0 aliphatic carbocycles. The van der Waals surface area contributed by atoms with Crippen LogP contribution >= 0.6 is 0 Å². The molecule has 0 aliphatic rings. The Balaban J connectivity index is 2.88. The van der Waals surface area contributed by atoms with Crippen LogP contribution < -0.4 is 10.6 Å². The fraction of sp³-hybridized carbons (Fsp3) is 0.571. The van der Waals surface area contributed by atoms with Crippen LogP contribution in [0, 0.1) is 10.1 Å². The van der Waals surface area contributed by atoms with Gasteiger partial charge in [-0.05, 0) is 24.5 Å². The van der Waals surface area contributed by atoms with Crippen molar-refractivity contribution < 1.29 is 10.0 Å². The van der Waals surface area contributed by atoms with Crippen LogP contribution in [0.2, 0.25) is 0 Å². The summed E-state index contributed by atoms with van der Waals surface area (Å²) in [5.74, 6) is 0. The van der Waals surface area contributed by atoms with Crippen molar-refractivity contribution in [2.45, 2.75) is 38.8 Å². The number of hydrogen-bond acceptors (Lipinski definition) is 5. The first-order valence-corrected chi connectivity index (χ1v) is 6.82. The van der Waals surface area contributed by atoms with E-state index in [2.05, 4.69) is 10.6 Å². The smallest absolute Gasteiger partial charge is 0.292 e. The highest BCUT2D eigenvalue weighted by Gasteiger charge is 2.24. The van der Waals surface area contributed by atoms with E-state index in [9.17, 15) is 15.2 Å². The largest absolute Gasteiger partial charge is 0.394 e. The molecule has 0 fully saturated rings. The van der Waals surface area contributed by atoms with Crippen molar-refractivity contribution in [3.8, 4) is 0 Å². The molecule has 1 rings (SSSR count). The van der Waals surface area contributed by atoms with E-state index in [1.54, 1.807) is 19.2 Å². The maximum atomic E-state index is 11.0. The van der Waals surface area contributed by atoms with Gasteiger partial charge in [-0.2, -0.15) is 0 Å². The number of nitro groups is 1. The molecule has 0 spiro atoms. The molecule has 0 atom stereocenters. The highest BCUT2D eigenvalue weighted by Crippen LogP contribution is 2.25. The number of nitrogens with one attached hydrogen (secondary N) is 2. The van der Waals surface area contributed by atoms with Gasteiger partial charge in [-0.1, -0.05) is 19.9 Å². The zero-order valence-electron chi connectivity index (χ0n) is 12.3. The first-order chi connectivity index (χ1) is 9.51. The van der Waals surface area contributed by atoms with Crippen LogP contribution in [0.3, 0.4) is 0 Å². The van der Waals surface area contributed by atoms with Gasteiger partial charge in [-0.25, -0.2) is 0 Å². The third-order valence-electron chi connectivity index (χ3n) is 3.85. The van der Waals surface area contributed by atoms with Gasteiger partial charge in [0.25, 0.3) is 5.69 Å². The minimum absolute atomic E-state index is 0.0523. The van der Waals surface area contributed by atoms with Gasteiger partial charge in [-0.3, -0.25) is 10.1 Å². The topological polar surface area (TPSA) is 87.4 Å². The van der Waals surface area contributed by atoms with Crippen molar-refractivity contribution in [1.82, 2.24) is 5.32 Å². The predicted octanol–water partition coefficient (Wildman–Crippen LogP) is 2.28. The molecular weight excluding hydrogens is 258 g/mol. The van der Waals surface area contributed by atoms with Crippen LogP contribution in [-0.4, -0.2) is 29.2 Å². The van der Waals surface area contributed by atoms with Gasteiger partial charge in [0.2, 0.25) is 0 Å². The first kappa shape index (κ1) is 16.4. The second kappa shape index (κ2) is 7.21. The molecule has 1 aromatic rings. The summed E-state index contributed by atoms with van der Waals surface area (Å²) in [5, 5.41) is 26.6. The molecule has 3 N–H and O–H groups in total. The van der Waals surface area contributed by atoms with E-state index >= 15 is 0 Å². The van der Waals surface area contributed by atoms with Gasteiger partial charge < -0.3 is 15.7 Å². The summed E-state index contributed by atoms with van der Waals surface area (Å²) >= 11 is 0. The molecule has 20 heavy (non-hydrogen) atoms. The first-order valence-electron chi connectivity index (χ1n) is 6.82. The molecule has 6 heteroatoms. The van der Waals surface area contributed by atoms with Gasteiger partial charge in [0.05, 0.1) is 11.5 Å². The van der Waals surface area contributed by atoms with Gasteiger partial charge in [-0.15, -0.1) is 0 Å². The lowest BCUT2D eigenvalue weighted by Gasteiger charge is -2.31. The van der Waals surface area contributed by atoms with Crippen molar-refractivity contribution in [1.29, 1.82) is 0 Å². The second-order valence-corrected chi connectivity index (χ2v) is 4.86. The lowest BCUT2D eigenvalue weighted by molar-refractivity contribution is -0.384. The van der Waals surface area contributed by atoms with Crippen LogP contribution in [0.5, 0.6) is 0 Å². The number of nitro benzene ring substituents is 1. The molecule has 0 saturated heterocycles. The van der Waals surface area contributed by atoms with Crippen LogP contribution in [-0.2, 0) is 6.54 Å². The molecule has 0 amide bonds. The summed E-state index contributed by atoms with van der Waals surface area (Å²) in [6.07, 6.45) is 1.60. The van der Waals surface area contributed by atoms with E-state index in [-0.39, 0.29) is 17.8 Å². The quantitative estimate of drug-likeness (QED) is 0.502. The number of nitrogens with zero attached hydrogens (tertiary/aromatic N) is 1. The van der Waals surface area contributed by atoms with Crippen LogP contribution in [0.25, 0.3) is 0 Å². The summed E-state index contributed by atoms with van der Waals surface area (Å²) < 4.78 is 0. The van der Waals surface area contributed by atoms with Gasteiger partial charge in [0.15, 0.2) is 0 Å². The van der Waals surface area contributed by atoms with E-state index in [1.807, 2.05) is 19.9 Å². The van der Waals surface area contributed by atoms with E-state index in [0.717, 1.165) is 18.4 Å². The SMILES string of the molecule is CCC(CC)(CO)NCc1ccc(NC)c([N+](=O)[O-])c1. The number of anilines is 1. The Morgan fingerprint density at radius 2 is 2.00 bits per heavy atom. The third kappa shape index (κ3) is 3.68. The molecule has 0 bridgehead atoms. The Morgan fingerprint density at radius 3 is 2.45 bits per heavy atom. The average Bonchev–Trinajstić information content (AvgIpc) is 2.49. The Morgan fingerprint density at radius 1 is 1.35 bits per heavy atom. The average molecular weight is 281 g/mol. The Kier molecular flexibility index (Phi) is 5.91. The van der Waals surface area contributed by atoms with Crippen molar-refractivity contribution in [2.75, 3.05) is 19.0 Å². The third-order valence-corrected chi connectivity index (χ3v) is 3.85.